The van der Waals surface area contributed by atoms with Crippen molar-refractivity contribution in [1.82, 2.24) is 5.32 Å². The fraction of sp³-hybridized carbons (Fsp3) is 0.143. The number of rotatable bonds is 0. The number of allylic oxidation sites excluding steroid dienone is 1. The van der Waals surface area contributed by atoms with Gasteiger partial charge in [-0.3, -0.25) is 9.79 Å². The van der Waals surface area contributed by atoms with Crippen molar-refractivity contribution in [2.75, 3.05) is 0 Å². The quantitative estimate of drug-likeness (QED) is 0.478. The summed E-state index contributed by atoms with van der Waals surface area (Å²) in [5.74, 6) is -0.112. The Labute approximate surface area is 63.5 Å². The van der Waals surface area contributed by atoms with Gasteiger partial charge in [0, 0.05) is 18.0 Å². The van der Waals surface area contributed by atoms with Gasteiger partial charge < -0.3 is 11.1 Å². The largest absolute Gasteiger partial charge is 0.397 e. The Kier molecular flexibility index (Phi) is 1.09. The van der Waals surface area contributed by atoms with Gasteiger partial charge in [-0.05, 0) is 6.08 Å². The van der Waals surface area contributed by atoms with Gasteiger partial charge in [-0.15, -0.1) is 0 Å². The lowest BCUT2D eigenvalue weighted by molar-refractivity contribution is -0.120. The zero-order valence-electron chi connectivity index (χ0n) is 5.74. The van der Waals surface area contributed by atoms with Gasteiger partial charge in [-0.25, -0.2) is 0 Å². The van der Waals surface area contributed by atoms with Crippen molar-refractivity contribution in [3.05, 3.63) is 23.5 Å². The van der Waals surface area contributed by atoms with E-state index < -0.39 is 6.04 Å². The van der Waals surface area contributed by atoms with E-state index in [2.05, 4.69) is 10.3 Å². The molecule has 1 atom stereocenters. The Balaban J connectivity index is 2.47. The molecule has 0 saturated heterocycles. The van der Waals surface area contributed by atoms with Gasteiger partial charge in [-0.1, -0.05) is 0 Å². The van der Waals surface area contributed by atoms with Crippen molar-refractivity contribution in [1.29, 1.82) is 0 Å². The molecule has 1 amide bonds. The molecule has 0 spiro atoms. The number of nitrogens with two attached hydrogens (primary N) is 1. The topological polar surface area (TPSA) is 67.5 Å². The fourth-order valence-electron chi connectivity index (χ4n) is 1.16. The third-order valence-electron chi connectivity index (χ3n) is 1.73. The molecular weight excluding hydrogens is 142 g/mol. The third-order valence-corrected chi connectivity index (χ3v) is 1.73. The minimum Gasteiger partial charge on any atom is -0.397 e. The van der Waals surface area contributed by atoms with Crippen LogP contribution in [0.25, 0.3) is 0 Å². The minimum atomic E-state index is -0.403. The average Bonchev–Trinajstić information content (AvgIpc) is 2.35. The van der Waals surface area contributed by atoms with Crippen LogP contribution in [0.4, 0.5) is 0 Å². The van der Waals surface area contributed by atoms with Crippen molar-refractivity contribution < 1.29 is 4.79 Å². The first kappa shape index (κ1) is 6.15. The summed E-state index contributed by atoms with van der Waals surface area (Å²) >= 11 is 0. The van der Waals surface area contributed by atoms with Crippen LogP contribution in [0.3, 0.4) is 0 Å². The highest BCUT2D eigenvalue weighted by molar-refractivity contribution is 5.96. The van der Waals surface area contributed by atoms with E-state index in [1.54, 1.807) is 12.3 Å². The molecule has 4 nitrogen and oxygen atoms in total. The van der Waals surface area contributed by atoms with Crippen LogP contribution < -0.4 is 11.1 Å². The van der Waals surface area contributed by atoms with E-state index in [9.17, 15) is 4.79 Å². The number of hydrogen-bond acceptors (Lipinski definition) is 3. The van der Waals surface area contributed by atoms with Gasteiger partial charge in [-0.2, -0.15) is 0 Å². The SMILES string of the molecule is NC1=C2C=CNC(=O)C2N=C1. The van der Waals surface area contributed by atoms with E-state index in [1.165, 1.54) is 6.21 Å². The molecule has 11 heavy (non-hydrogen) atoms. The molecule has 2 aliphatic heterocycles. The summed E-state index contributed by atoms with van der Waals surface area (Å²) in [5, 5.41) is 2.55. The van der Waals surface area contributed by atoms with Crippen LogP contribution in [0.5, 0.6) is 0 Å². The molecule has 0 bridgehead atoms. The molecule has 1 unspecified atom stereocenters. The van der Waals surface area contributed by atoms with Gasteiger partial charge >= 0.3 is 0 Å². The van der Waals surface area contributed by atoms with Crippen LogP contribution >= 0.6 is 0 Å². The van der Waals surface area contributed by atoms with Crippen molar-refractivity contribution in [2.24, 2.45) is 10.7 Å². The van der Waals surface area contributed by atoms with Gasteiger partial charge in [0.15, 0.2) is 6.04 Å². The second-order valence-electron chi connectivity index (χ2n) is 2.43. The van der Waals surface area contributed by atoms with Gasteiger partial charge in [0.1, 0.15) is 0 Å². The Morgan fingerprint density at radius 2 is 2.45 bits per heavy atom. The predicted octanol–water partition coefficient (Wildman–Crippen LogP) is -0.704. The van der Waals surface area contributed by atoms with E-state index in [4.69, 9.17) is 5.73 Å². The summed E-state index contributed by atoms with van der Waals surface area (Å²) in [6.07, 6.45) is 4.87. The van der Waals surface area contributed by atoms with Gasteiger partial charge in [0.25, 0.3) is 5.91 Å². The summed E-state index contributed by atoms with van der Waals surface area (Å²) in [4.78, 5) is 15.0. The lowest BCUT2D eigenvalue weighted by Gasteiger charge is -2.12. The van der Waals surface area contributed by atoms with Crippen molar-refractivity contribution in [3.63, 3.8) is 0 Å². The highest BCUT2D eigenvalue weighted by Gasteiger charge is 2.27. The summed E-state index contributed by atoms with van der Waals surface area (Å²) < 4.78 is 0. The second-order valence-corrected chi connectivity index (χ2v) is 2.43. The first-order valence-electron chi connectivity index (χ1n) is 3.29. The van der Waals surface area contributed by atoms with Gasteiger partial charge in [0.05, 0.1) is 5.70 Å². The molecule has 0 aliphatic carbocycles. The number of aliphatic imine (C=N–C) groups is 1. The molecule has 2 aliphatic rings. The maximum atomic E-state index is 11.1. The van der Waals surface area contributed by atoms with Crippen molar-refractivity contribution in [3.8, 4) is 0 Å². The lowest BCUT2D eigenvalue weighted by Crippen LogP contribution is -2.33. The molecule has 56 valence electrons. The number of nitrogens with one attached hydrogen (secondary N) is 1. The summed E-state index contributed by atoms with van der Waals surface area (Å²) in [6.45, 7) is 0. The zero-order chi connectivity index (χ0) is 7.84. The van der Waals surface area contributed by atoms with E-state index in [0.717, 1.165) is 5.57 Å². The molecule has 0 aromatic carbocycles. The van der Waals surface area contributed by atoms with E-state index in [0.29, 0.717) is 5.70 Å². The number of carbonyl (C=O) groups is 1. The molecule has 0 fully saturated rings. The Morgan fingerprint density at radius 1 is 1.64 bits per heavy atom. The normalized spacial score (nSPS) is 27.3. The summed E-state index contributed by atoms with van der Waals surface area (Å²) in [6, 6.07) is -0.403. The van der Waals surface area contributed by atoms with Crippen LogP contribution in [0.1, 0.15) is 0 Å². The first-order chi connectivity index (χ1) is 5.29. The van der Waals surface area contributed by atoms with E-state index in [-0.39, 0.29) is 5.91 Å². The first-order valence-corrected chi connectivity index (χ1v) is 3.29. The number of amides is 1. The number of nitrogens with zero attached hydrogens (tertiary/aromatic N) is 1. The Hall–Kier alpha value is -1.58. The molecule has 2 rings (SSSR count). The molecule has 0 aromatic heterocycles. The van der Waals surface area contributed by atoms with Crippen LogP contribution in [-0.2, 0) is 4.79 Å². The molecule has 2 heterocycles. The second kappa shape index (κ2) is 1.95. The van der Waals surface area contributed by atoms with Crippen LogP contribution in [0, 0.1) is 0 Å². The van der Waals surface area contributed by atoms with Gasteiger partial charge in [0.2, 0.25) is 0 Å². The maximum Gasteiger partial charge on any atom is 0.253 e. The number of carbonyl (C=O) groups excluding carboxylic acids is 1. The molecule has 0 aromatic rings. The molecule has 3 N–H and O–H groups in total. The maximum absolute atomic E-state index is 11.1. The molecule has 4 heteroatoms. The highest BCUT2D eigenvalue weighted by Crippen LogP contribution is 2.18. The zero-order valence-corrected chi connectivity index (χ0v) is 5.74. The van der Waals surface area contributed by atoms with E-state index >= 15 is 0 Å². The third kappa shape index (κ3) is 0.756. The Bertz CT molecular complexity index is 301. The van der Waals surface area contributed by atoms with Crippen LogP contribution in [-0.4, -0.2) is 18.2 Å². The van der Waals surface area contributed by atoms with Crippen LogP contribution in [0.2, 0.25) is 0 Å². The smallest absolute Gasteiger partial charge is 0.253 e. The average molecular weight is 149 g/mol. The van der Waals surface area contributed by atoms with Crippen LogP contribution in [0.15, 0.2) is 28.5 Å². The van der Waals surface area contributed by atoms with Crippen molar-refractivity contribution in [2.45, 2.75) is 6.04 Å². The highest BCUT2D eigenvalue weighted by atomic mass is 16.2. The number of hydrogen-bond donors (Lipinski definition) is 2. The Morgan fingerprint density at radius 3 is 3.18 bits per heavy atom. The summed E-state index contributed by atoms with van der Waals surface area (Å²) in [5.41, 5.74) is 6.93. The molecular formula is C7H7N3O. The fourth-order valence-corrected chi connectivity index (χ4v) is 1.16. The summed E-state index contributed by atoms with van der Waals surface area (Å²) in [7, 11) is 0. The monoisotopic (exact) mass is 149 g/mol. The van der Waals surface area contributed by atoms with Crippen molar-refractivity contribution >= 4 is 12.1 Å². The predicted molar refractivity (Wildman–Crippen MR) is 40.8 cm³/mol. The molecule has 0 saturated carbocycles. The minimum absolute atomic E-state index is 0.112. The standard InChI is InChI=1S/C7H7N3O/c8-5-3-10-6-4(5)1-2-9-7(6)11/h1-3,6H,8H2,(H,9,11). The lowest BCUT2D eigenvalue weighted by atomic mass is 10.1. The number of fused-ring (bicyclic) bond motifs is 1. The molecule has 0 radical (unpaired) electrons. The van der Waals surface area contributed by atoms with E-state index in [1.807, 2.05) is 0 Å².